The van der Waals surface area contributed by atoms with Crippen LogP contribution in [0.15, 0.2) is 9.59 Å². The highest BCUT2D eigenvalue weighted by atomic mass is 35.5. The van der Waals surface area contributed by atoms with Crippen molar-refractivity contribution in [1.29, 1.82) is 0 Å². The molecule has 16 heavy (non-hydrogen) atoms. The number of rotatable bonds is 2. The fourth-order valence-corrected chi connectivity index (χ4v) is 1.63. The molecule has 2 amide bonds. The summed E-state index contributed by atoms with van der Waals surface area (Å²) in [6, 6.07) is -0.239. The van der Waals surface area contributed by atoms with Crippen molar-refractivity contribution in [2.75, 3.05) is 13.1 Å². The number of carbonyl (C=O) groups is 1. The van der Waals surface area contributed by atoms with Gasteiger partial charge in [-0.05, 0) is 0 Å². The zero-order valence-electron chi connectivity index (χ0n) is 8.17. The molecule has 0 spiro atoms. The summed E-state index contributed by atoms with van der Waals surface area (Å²) < 4.78 is 0. The van der Waals surface area contributed by atoms with Crippen molar-refractivity contribution < 1.29 is 4.79 Å². The predicted octanol–water partition coefficient (Wildman–Crippen LogP) is -0.758. The van der Waals surface area contributed by atoms with Crippen LogP contribution >= 0.6 is 11.6 Å². The van der Waals surface area contributed by atoms with Crippen LogP contribution in [0.25, 0.3) is 0 Å². The van der Waals surface area contributed by atoms with Crippen LogP contribution in [-0.4, -0.2) is 34.0 Å². The molecule has 1 fully saturated rings. The number of nitrogens with one attached hydrogen (secondary N) is 3. The molecular weight excluding hydrogens is 235 g/mol. The Balaban J connectivity index is 2.31. The van der Waals surface area contributed by atoms with Crippen LogP contribution < -0.4 is 16.6 Å². The average Bonchev–Trinajstić information content (AvgIpc) is 2.60. The second kappa shape index (κ2) is 4.01. The van der Waals surface area contributed by atoms with E-state index in [2.05, 4.69) is 10.3 Å². The summed E-state index contributed by atoms with van der Waals surface area (Å²) in [5, 5.41) is 2.51. The van der Waals surface area contributed by atoms with E-state index in [0.29, 0.717) is 13.1 Å². The first-order chi connectivity index (χ1) is 7.58. The van der Waals surface area contributed by atoms with Crippen LogP contribution in [-0.2, 0) is 6.54 Å². The maximum absolute atomic E-state index is 11.3. The van der Waals surface area contributed by atoms with Crippen molar-refractivity contribution in [3.63, 3.8) is 0 Å². The van der Waals surface area contributed by atoms with Gasteiger partial charge in [0.25, 0.3) is 5.56 Å². The topological polar surface area (TPSA) is 98.1 Å². The van der Waals surface area contributed by atoms with Crippen molar-refractivity contribution in [3.05, 3.63) is 31.6 Å². The summed E-state index contributed by atoms with van der Waals surface area (Å²) in [6.45, 7) is 1.18. The maximum Gasteiger partial charge on any atom is 0.326 e. The molecule has 0 radical (unpaired) electrons. The van der Waals surface area contributed by atoms with Gasteiger partial charge in [0, 0.05) is 13.1 Å². The lowest BCUT2D eigenvalue weighted by atomic mass is 10.2. The molecule has 0 bridgehead atoms. The smallest absolute Gasteiger partial charge is 0.326 e. The zero-order chi connectivity index (χ0) is 11.7. The zero-order valence-corrected chi connectivity index (χ0v) is 8.93. The van der Waals surface area contributed by atoms with E-state index in [1.54, 1.807) is 0 Å². The Morgan fingerprint density at radius 1 is 1.25 bits per heavy atom. The van der Waals surface area contributed by atoms with Gasteiger partial charge in [-0.15, -0.1) is 0 Å². The second-order valence-corrected chi connectivity index (χ2v) is 3.73. The lowest BCUT2D eigenvalue weighted by Gasteiger charge is -2.13. The molecule has 3 N–H and O–H groups in total. The number of hydrogen-bond acceptors (Lipinski definition) is 3. The van der Waals surface area contributed by atoms with Gasteiger partial charge in [-0.2, -0.15) is 0 Å². The Kier molecular flexibility index (Phi) is 2.69. The van der Waals surface area contributed by atoms with Gasteiger partial charge in [0.1, 0.15) is 5.02 Å². The van der Waals surface area contributed by atoms with Crippen molar-refractivity contribution in [1.82, 2.24) is 20.2 Å². The Bertz CT molecular complexity index is 535. The summed E-state index contributed by atoms with van der Waals surface area (Å²) in [6.07, 6.45) is 0. The highest BCUT2D eigenvalue weighted by Gasteiger charge is 2.21. The van der Waals surface area contributed by atoms with Gasteiger partial charge >= 0.3 is 11.7 Å². The first-order valence-electron chi connectivity index (χ1n) is 4.61. The molecule has 0 atom stereocenters. The number of nitrogens with zero attached hydrogens (tertiary/aromatic N) is 1. The minimum Gasteiger partial charge on any atom is -0.336 e. The lowest BCUT2D eigenvalue weighted by Crippen LogP contribution is -2.31. The van der Waals surface area contributed by atoms with Crippen LogP contribution in [0.2, 0.25) is 5.02 Å². The molecule has 7 nitrogen and oxygen atoms in total. The third-order valence-electron chi connectivity index (χ3n) is 2.25. The van der Waals surface area contributed by atoms with E-state index in [9.17, 15) is 14.4 Å². The number of urea groups is 1. The SMILES string of the molecule is O=c1[nH]c(CN2CCN[11C]2=O)c(Cl)c(=O)[nH]1. The van der Waals surface area contributed by atoms with Crippen LogP contribution in [0.1, 0.15) is 5.69 Å². The molecule has 86 valence electrons. The first kappa shape index (κ1) is 10.7. The summed E-state index contributed by atoms with van der Waals surface area (Å²) in [7, 11) is 0. The van der Waals surface area contributed by atoms with E-state index in [4.69, 9.17) is 11.6 Å². The summed E-state index contributed by atoms with van der Waals surface area (Å²) >= 11 is 5.72. The lowest BCUT2D eigenvalue weighted by molar-refractivity contribution is 0.215. The van der Waals surface area contributed by atoms with Crippen LogP contribution in [0, 0.1) is 0 Å². The number of hydrogen-bond donors (Lipinski definition) is 3. The Hall–Kier alpha value is -1.76. The Labute approximate surface area is 94.4 Å². The number of carbonyl (C=O) groups excluding carboxylic acids is 1. The predicted molar refractivity (Wildman–Crippen MR) is 56.5 cm³/mol. The third-order valence-corrected chi connectivity index (χ3v) is 2.65. The molecule has 1 aliphatic rings. The molecular formula is C8H9ClN4O3. The molecule has 1 saturated heterocycles. The molecule has 0 unspecified atom stereocenters. The van der Waals surface area contributed by atoms with Crippen LogP contribution in [0.5, 0.6) is 0 Å². The standard InChI is InChI=1S/C8H9ClN4O3/c9-5-4(11-7(15)12-6(5)14)3-13-2-1-10-8(13)16/h1-3H2,(H,10,16)(H2,11,12,14,15)/i8-1. The van der Waals surface area contributed by atoms with Crippen molar-refractivity contribution in [3.8, 4) is 0 Å². The van der Waals surface area contributed by atoms with Gasteiger partial charge in [0.05, 0.1) is 12.2 Å². The number of aromatic nitrogens is 2. The van der Waals surface area contributed by atoms with E-state index in [-0.39, 0.29) is 23.3 Å². The number of amides is 2. The van der Waals surface area contributed by atoms with Gasteiger partial charge in [0.2, 0.25) is 0 Å². The first-order valence-corrected chi connectivity index (χ1v) is 4.99. The van der Waals surface area contributed by atoms with E-state index in [0.717, 1.165) is 0 Å². The molecule has 1 aliphatic heterocycles. The second-order valence-electron chi connectivity index (χ2n) is 3.35. The molecule has 0 saturated carbocycles. The molecule has 0 aromatic carbocycles. The number of aromatic amines is 2. The van der Waals surface area contributed by atoms with Gasteiger partial charge in [-0.1, -0.05) is 11.6 Å². The minimum atomic E-state index is -0.653. The van der Waals surface area contributed by atoms with Crippen LogP contribution in [0.3, 0.4) is 0 Å². The maximum atomic E-state index is 11.3. The summed E-state index contributed by atoms with van der Waals surface area (Å²) in [5.41, 5.74) is -1.04. The molecule has 1 aromatic rings. The molecule has 2 rings (SSSR count). The monoisotopic (exact) mass is 243 g/mol. The van der Waals surface area contributed by atoms with E-state index < -0.39 is 11.2 Å². The molecule has 0 aliphatic carbocycles. The number of H-pyrrole nitrogens is 2. The van der Waals surface area contributed by atoms with Gasteiger partial charge in [-0.25, -0.2) is 9.59 Å². The Morgan fingerprint density at radius 3 is 2.62 bits per heavy atom. The molecule has 2 heterocycles. The molecule has 1 aromatic heterocycles. The van der Waals surface area contributed by atoms with Gasteiger partial charge < -0.3 is 15.2 Å². The highest BCUT2D eigenvalue weighted by molar-refractivity contribution is 6.31. The quantitative estimate of drug-likeness (QED) is 0.637. The van der Waals surface area contributed by atoms with E-state index in [1.807, 2.05) is 4.98 Å². The van der Waals surface area contributed by atoms with E-state index >= 15 is 0 Å². The van der Waals surface area contributed by atoms with Gasteiger partial charge in [-0.3, -0.25) is 9.78 Å². The van der Waals surface area contributed by atoms with Gasteiger partial charge in [0.15, 0.2) is 0 Å². The largest absolute Gasteiger partial charge is 0.336 e. The molecule has 8 heteroatoms. The minimum absolute atomic E-state index is 0.0979. The number of halogens is 1. The van der Waals surface area contributed by atoms with Crippen LogP contribution in [0.4, 0.5) is 4.79 Å². The third kappa shape index (κ3) is 1.94. The normalized spacial score (nSPS) is 15.3. The summed E-state index contributed by atoms with van der Waals surface area (Å²) in [4.78, 5) is 39.3. The highest BCUT2D eigenvalue weighted by Crippen LogP contribution is 2.10. The Morgan fingerprint density at radius 2 is 2.00 bits per heavy atom. The average molecular weight is 244 g/mol. The van der Waals surface area contributed by atoms with Crippen molar-refractivity contribution in [2.24, 2.45) is 0 Å². The van der Waals surface area contributed by atoms with E-state index in [1.165, 1.54) is 4.90 Å². The van der Waals surface area contributed by atoms with Crippen molar-refractivity contribution >= 4 is 17.6 Å². The fraction of sp³-hybridized carbons (Fsp3) is 0.375. The van der Waals surface area contributed by atoms with Crippen molar-refractivity contribution in [2.45, 2.75) is 6.54 Å². The fourth-order valence-electron chi connectivity index (χ4n) is 1.48. The summed E-state index contributed by atoms with van der Waals surface area (Å²) in [5.74, 6) is 0.